The normalized spacial score (nSPS) is 18.6. The molecule has 37 heavy (non-hydrogen) atoms. The van der Waals surface area contributed by atoms with Crippen LogP contribution in [-0.2, 0) is 27.5 Å². The third kappa shape index (κ3) is 5.77. The summed E-state index contributed by atoms with van der Waals surface area (Å²) >= 11 is 0. The molecule has 0 aliphatic carbocycles. The minimum absolute atomic E-state index is 0.0338. The standard InChI is InChI=1S/C24H19F6N3O3S/c25-17-3-5-19(6-4-17)37(35,36)33-13-18(26)10-21(33)23(34)32-12-16-9-14(1-7-20(16)27)15-2-8-22(31-11-15)24(28,29)30/h1-9,11,18,21H,10,12-13H2,(H,32,34)/t18-,21+/m1/s1. The number of carbonyl (C=O) groups excluding carboxylic acids is 1. The molecule has 1 aliphatic rings. The molecule has 0 spiro atoms. The first-order chi connectivity index (χ1) is 17.4. The summed E-state index contributed by atoms with van der Waals surface area (Å²) in [6, 6.07) is 8.08. The molecule has 0 bridgehead atoms. The van der Waals surface area contributed by atoms with Crippen LogP contribution >= 0.6 is 0 Å². The lowest BCUT2D eigenvalue weighted by atomic mass is 10.0. The maximum atomic E-state index is 14.4. The largest absolute Gasteiger partial charge is 0.433 e. The predicted molar refractivity (Wildman–Crippen MR) is 120 cm³/mol. The highest BCUT2D eigenvalue weighted by Gasteiger charge is 2.44. The molecule has 2 atom stereocenters. The summed E-state index contributed by atoms with van der Waals surface area (Å²) in [5.41, 5.74) is -0.521. The molecule has 4 rings (SSSR count). The number of rotatable bonds is 6. The monoisotopic (exact) mass is 543 g/mol. The molecule has 1 aliphatic heterocycles. The predicted octanol–water partition coefficient (Wildman–Crippen LogP) is 4.46. The molecule has 1 saturated heterocycles. The molecule has 1 fully saturated rings. The Morgan fingerprint density at radius 1 is 1.03 bits per heavy atom. The van der Waals surface area contributed by atoms with Gasteiger partial charge in [-0.05, 0) is 48.0 Å². The van der Waals surface area contributed by atoms with Crippen molar-refractivity contribution in [1.82, 2.24) is 14.6 Å². The summed E-state index contributed by atoms with van der Waals surface area (Å²) in [4.78, 5) is 15.9. The Bertz CT molecular complexity index is 1400. The fraction of sp³-hybridized carbons (Fsp3) is 0.250. The van der Waals surface area contributed by atoms with Crippen molar-refractivity contribution >= 4 is 15.9 Å². The number of sulfonamides is 1. The Morgan fingerprint density at radius 3 is 2.32 bits per heavy atom. The van der Waals surface area contributed by atoms with Gasteiger partial charge in [0.15, 0.2) is 0 Å². The van der Waals surface area contributed by atoms with Gasteiger partial charge in [-0.1, -0.05) is 12.1 Å². The van der Waals surface area contributed by atoms with Crippen LogP contribution in [0, 0.1) is 11.6 Å². The van der Waals surface area contributed by atoms with Gasteiger partial charge in [0.2, 0.25) is 15.9 Å². The second-order valence-electron chi connectivity index (χ2n) is 8.33. The van der Waals surface area contributed by atoms with Gasteiger partial charge in [-0.2, -0.15) is 17.5 Å². The van der Waals surface area contributed by atoms with Gasteiger partial charge in [-0.3, -0.25) is 9.78 Å². The number of halogens is 6. The molecule has 1 amide bonds. The number of aromatic nitrogens is 1. The van der Waals surface area contributed by atoms with Crippen molar-refractivity contribution in [2.24, 2.45) is 0 Å². The number of amides is 1. The smallest absolute Gasteiger partial charge is 0.351 e. The fourth-order valence-corrected chi connectivity index (χ4v) is 5.55. The van der Waals surface area contributed by atoms with E-state index in [1.807, 2.05) is 0 Å². The minimum Gasteiger partial charge on any atom is -0.351 e. The van der Waals surface area contributed by atoms with Crippen LogP contribution < -0.4 is 5.32 Å². The van der Waals surface area contributed by atoms with E-state index >= 15 is 0 Å². The quantitative estimate of drug-likeness (QED) is 0.466. The van der Waals surface area contributed by atoms with Gasteiger partial charge in [-0.25, -0.2) is 21.6 Å². The van der Waals surface area contributed by atoms with Gasteiger partial charge in [0.05, 0.1) is 4.90 Å². The zero-order valence-corrected chi connectivity index (χ0v) is 19.7. The number of pyridine rings is 1. The lowest BCUT2D eigenvalue weighted by molar-refractivity contribution is -0.141. The van der Waals surface area contributed by atoms with Gasteiger partial charge < -0.3 is 5.32 Å². The van der Waals surface area contributed by atoms with Gasteiger partial charge in [0.1, 0.15) is 29.5 Å². The molecule has 0 unspecified atom stereocenters. The zero-order chi connectivity index (χ0) is 27.0. The van der Waals surface area contributed by atoms with Gasteiger partial charge in [0, 0.05) is 36.8 Å². The Labute approximate surface area is 208 Å². The molecule has 0 radical (unpaired) electrons. The van der Waals surface area contributed by atoms with Crippen LogP contribution in [0.2, 0.25) is 0 Å². The third-order valence-electron chi connectivity index (χ3n) is 5.81. The maximum Gasteiger partial charge on any atom is 0.433 e. The van der Waals surface area contributed by atoms with E-state index in [2.05, 4.69) is 10.3 Å². The summed E-state index contributed by atoms with van der Waals surface area (Å²) in [6.07, 6.45) is -5.69. The van der Waals surface area contributed by atoms with Gasteiger partial charge in [0.25, 0.3) is 0 Å². The summed E-state index contributed by atoms with van der Waals surface area (Å²) in [6.45, 7) is -0.979. The lowest BCUT2D eigenvalue weighted by Gasteiger charge is -2.23. The Hall–Kier alpha value is -3.45. The molecule has 6 nitrogen and oxygen atoms in total. The second-order valence-corrected chi connectivity index (χ2v) is 10.2. The number of hydrogen-bond donors (Lipinski definition) is 1. The van der Waals surface area contributed by atoms with E-state index < -0.39 is 71.2 Å². The minimum atomic E-state index is -4.62. The SMILES string of the molecule is O=C(NCc1cc(-c2ccc(C(F)(F)F)nc2)ccc1F)[C@@H]1C[C@@H](F)CN1S(=O)(=O)c1ccc(F)cc1. The second kappa shape index (κ2) is 10.1. The van der Waals surface area contributed by atoms with E-state index in [1.165, 1.54) is 18.2 Å². The van der Waals surface area contributed by atoms with E-state index in [4.69, 9.17) is 0 Å². The molecule has 196 valence electrons. The van der Waals surface area contributed by atoms with Crippen LogP contribution in [0.25, 0.3) is 11.1 Å². The van der Waals surface area contributed by atoms with E-state index in [9.17, 15) is 39.6 Å². The first-order valence-electron chi connectivity index (χ1n) is 10.9. The van der Waals surface area contributed by atoms with Crippen molar-refractivity contribution in [1.29, 1.82) is 0 Å². The molecule has 3 aromatic rings. The van der Waals surface area contributed by atoms with Crippen LogP contribution in [0.3, 0.4) is 0 Å². The van der Waals surface area contributed by atoms with Crippen molar-refractivity contribution < 1.29 is 39.6 Å². The number of hydrogen-bond acceptors (Lipinski definition) is 4. The zero-order valence-electron chi connectivity index (χ0n) is 18.8. The molecule has 2 heterocycles. The first-order valence-corrected chi connectivity index (χ1v) is 12.3. The first kappa shape index (κ1) is 26.6. The number of alkyl halides is 4. The molecular formula is C24H19F6N3O3S. The van der Waals surface area contributed by atoms with Crippen molar-refractivity contribution in [3.63, 3.8) is 0 Å². The van der Waals surface area contributed by atoms with E-state index in [0.717, 1.165) is 42.6 Å². The number of benzene rings is 2. The highest BCUT2D eigenvalue weighted by Crippen LogP contribution is 2.30. The maximum absolute atomic E-state index is 14.4. The number of carbonyl (C=O) groups is 1. The molecular weight excluding hydrogens is 524 g/mol. The van der Waals surface area contributed by atoms with E-state index in [-0.39, 0.29) is 16.0 Å². The Morgan fingerprint density at radius 2 is 1.70 bits per heavy atom. The Balaban J connectivity index is 1.50. The summed E-state index contributed by atoms with van der Waals surface area (Å²) in [7, 11) is -4.33. The number of nitrogens with one attached hydrogen (secondary N) is 1. The molecule has 1 N–H and O–H groups in total. The summed E-state index contributed by atoms with van der Waals surface area (Å²) in [5.74, 6) is -2.27. The summed E-state index contributed by atoms with van der Waals surface area (Å²) in [5, 5.41) is 2.40. The van der Waals surface area contributed by atoms with Crippen LogP contribution in [0.15, 0.2) is 65.7 Å². The molecule has 13 heteroatoms. The summed E-state index contributed by atoms with van der Waals surface area (Å²) < 4.78 is 107. The van der Waals surface area contributed by atoms with Gasteiger partial charge in [-0.15, -0.1) is 0 Å². The van der Waals surface area contributed by atoms with E-state index in [0.29, 0.717) is 9.87 Å². The van der Waals surface area contributed by atoms with Crippen molar-refractivity contribution in [3.8, 4) is 11.1 Å². The molecule has 0 saturated carbocycles. The topological polar surface area (TPSA) is 79.4 Å². The van der Waals surface area contributed by atoms with Crippen LogP contribution in [0.1, 0.15) is 17.7 Å². The van der Waals surface area contributed by atoms with Crippen molar-refractivity contribution in [3.05, 3.63) is 83.7 Å². The fourth-order valence-electron chi connectivity index (χ4n) is 3.92. The van der Waals surface area contributed by atoms with Crippen LogP contribution in [-0.4, -0.2) is 42.4 Å². The van der Waals surface area contributed by atoms with Crippen LogP contribution in [0.5, 0.6) is 0 Å². The molecule has 1 aromatic heterocycles. The average Bonchev–Trinajstić information content (AvgIpc) is 3.26. The third-order valence-corrected chi connectivity index (χ3v) is 7.70. The molecule has 2 aromatic carbocycles. The highest BCUT2D eigenvalue weighted by molar-refractivity contribution is 7.89. The highest BCUT2D eigenvalue weighted by atomic mass is 32.2. The van der Waals surface area contributed by atoms with E-state index in [1.54, 1.807) is 0 Å². The van der Waals surface area contributed by atoms with Gasteiger partial charge >= 0.3 is 6.18 Å². The van der Waals surface area contributed by atoms with Crippen LogP contribution in [0.4, 0.5) is 26.3 Å². The number of nitrogens with zero attached hydrogens (tertiary/aromatic N) is 2. The Kier molecular flexibility index (Phi) is 7.29. The van der Waals surface area contributed by atoms with Crippen molar-refractivity contribution in [2.45, 2.75) is 36.3 Å². The van der Waals surface area contributed by atoms with Crippen molar-refractivity contribution in [2.75, 3.05) is 6.54 Å². The lowest BCUT2D eigenvalue weighted by Crippen LogP contribution is -2.45. The average molecular weight is 543 g/mol.